The molecule has 3 heterocycles. The van der Waals surface area contributed by atoms with Gasteiger partial charge in [0.2, 0.25) is 0 Å². The molecule has 0 saturated carbocycles. The Balaban J connectivity index is 1.95. The lowest BCUT2D eigenvalue weighted by Gasteiger charge is -2.37. The molecule has 1 saturated heterocycles. The number of urea groups is 1. The van der Waals surface area contributed by atoms with Crippen LogP contribution in [-0.4, -0.2) is 82.8 Å². The minimum Gasteiger partial charge on any atom is -0.459 e. The molecule has 3 rings (SSSR count). The third-order valence-electron chi connectivity index (χ3n) is 5.07. The summed E-state index contributed by atoms with van der Waals surface area (Å²) in [5.41, 5.74) is 1.51. The molecule has 148 valence electrons. The Morgan fingerprint density at radius 1 is 1.22 bits per heavy atom. The minimum atomic E-state index is -0.454. The highest BCUT2D eigenvalue weighted by Gasteiger charge is 2.37. The summed E-state index contributed by atoms with van der Waals surface area (Å²) in [5, 5.41) is 7.05. The van der Waals surface area contributed by atoms with Crippen LogP contribution in [0.2, 0.25) is 0 Å². The lowest BCUT2D eigenvalue weighted by Crippen LogP contribution is -2.52. The third kappa shape index (κ3) is 4.00. The Labute approximate surface area is 160 Å². The van der Waals surface area contributed by atoms with Crippen molar-refractivity contribution in [3.05, 3.63) is 23.7 Å². The molecule has 1 fully saturated rings. The topological polar surface area (TPSA) is 81.8 Å². The Morgan fingerprint density at radius 3 is 2.52 bits per heavy atom. The van der Waals surface area contributed by atoms with Gasteiger partial charge in [0.15, 0.2) is 0 Å². The second-order valence-corrected chi connectivity index (χ2v) is 8.24. The number of likely N-dealkylation sites (N-methyl/N-ethyl adjacent to an activating group) is 1. The third-order valence-corrected chi connectivity index (χ3v) is 5.07. The van der Waals surface area contributed by atoms with Crippen molar-refractivity contribution in [1.82, 2.24) is 24.9 Å². The Kier molecular flexibility index (Phi) is 5.28. The monoisotopic (exact) mass is 375 g/mol. The molecule has 0 atom stereocenters. The van der Waals surface area contributed by atoms with Gasteiger partial charge < -0.3 is 14.5 Å². The number of nitrogens with one attached hydrogen (secondary N) is 1. The quantitative estimate of drug-likeness (QED) is 0.795. The van der Waals surface area contributed by atoms with Gasteiger partial charge in [-0.1, -0.05) is 13.8 Å². The molecule has 0 aliphatic carbocycles. The van der Waals surface area contributed by atoms with Crippen molar-refractivity contribution < 1.29 is 14.3 Å². The summed E-state index contributed by atoms with van der Waals surface area (Å²) < 4.78 is 5.41. The zero-order chi connectivity index (χ0) is 19.8. The van der Waals surface area contributed by atoms with E-state index in [-0.39, 0.29) is 17.6 Å². The minimum absolute atomic E-state index is 0.0795. The lowest BCUT2D eigenvalue weighted by atomic mass is 9.84. The molecule has 0 bridgehead atoms. The molecule has 2 aliphatic rings. The van der Waals surface area contributed by atoms with Crippen molar-refractivity contribution >= 4 is 17.6 Å². The van der Waals surface area contributed by atoms with Crippen LogP contribution >= 0.6 is 0 Å². The summed E-state index contributed by atoms with van der Waals surface area (Å²) in [6, 6.07) is -0.0795. The first kappa shape index (κ1) is 19.4. The summed E-state index contributed by atoms with van der Waals surface area (Å²) in [4.78, 5) is 31.6. The van der Waals surface area contributed by atoms with Gasteiger partial charge in [-0.2, -0.15) is 5.10 Å². The number of hydrogen-bond donors (Lipinski definition) is 1. The van der Waals surface area contributed by atoms with E-state index in [9.17, 15) is 9.59 Å². The molecule has 1 aromatic rings. The van der Waals surface area contributed by atoms with Crippen LogP contribution in [0.5, 0.6) is 0 Å². The van der Waals surface area contributed by atoms with Gasteiger partial charge in [-0.3, -0.25) is 10.00 Å². The molecule has 0 aromatic carbocycles. The summed E-state index contributed by atoms with van der Waals surface area (Å²) in [5.74, 6) is -0.454. The second-order valence-electron chi connectivity index (χ2n) is 8.24. The molecule has 0 radical (unpaired) electrons. The number of carbonyl (C=O) groups is 2. The van der Waals surface area contributed by atoms with Crippen molar-refractivity contribution in [2.75, 3.05) is 39.8 Å². The number of hydrogen-bond acceptors (Lipinski definition) is 5. The van der Waals surface area contributed by atoms with Crippen molar-refractivity contribution in [1.29, 1.82) is 0 Å². The fourth-order valence-electron chi connectivity index (χ4n) is 3.52. The maximum Gasteiger partial charge on any atom is 0.342 e. The molecule has 8 nitrogen and oxygen atoms in total. The SMILES string of the molecule is CC(C)OC(=O)C1=CN(C(=O)N2CCN(C)CC2)CC(C)(C)c2cn[nH]c21. The van der Waals surface area contributed by atoms with Gasteiger partial charge in [-0.25, -0.2) is 9.59 Å². The Hall–Kier alpha value is -2.35. The van der Waals surface area contributed by atoms with E-state index in [0.717, 1.165) is 18.7 Å². The van der Waals surface area contributed by atoms with Crippen LogP contribution in [0.4, 0.5) is 4.79 Å². The van der Waals surface area contributed by atoms with E-state index in [0.29, 0.717) is 30.9 Å². The molecule has 1 aromatic heterocycles. The van der Waals surface area contributed by atoms with Crippen molar-refractivity contribution in [3.63, 3.8) is 0 Å². The number of ether oxygens (including phenoxy) is 1. The molecule has 2 aliphatic heterocycles. The second kappa shape index (κ2) is 7.34. The smallest absolute Gasteiger partial charge is 0.342 e. The van der Waals surface area contributed by atoms with E-state index < -0.39 is 5.97 Å². The zero-order valence-corrected chi connectivity index (χ0v) is 16.8. The van der Waals surface area contributed by atoms with E-state index in [1.54, 1.807) is 31.1 Å². The highest BCUT2D eigenvalue weighted by Crippen LogP contribution is 2.34. The van der Waals surface area contributed by atoms with Crippen molar-refractivity contribution in [2.45, 2.75) is 39.2 Å². The zero-order valence-electron chi connectivity index (χ0n) is 16.8. The van der Waals surface area contributed by atoms with Crippen LogP contribution in [0.25, 0.3) is 5.57 Å². The maximum atomic E-state index is 13.2. The van der Waals surface area contributed by atoms with Crippen LogP contribution in [0.1, 0.15) is 39.0 Å². The van der Waals surface area contributed by atoms with E-state index in [2.05, 4.69) is 36.0 Å². The molecule has 8 heteroatoms. The normalized spacial score (nSPS) is 20.1. The van der Waals surface area contributed by atoms with E-state index in [1.165, 1.54) is 0 Å². The van der Waals surface area contributed by atoms with Crippen LogP contribution in [0, 0.1) is 0 Å². The van der Waals surface area contributed by atoms with Gasteiger partial charge in [0.25, 0.3) is 0 Å². The number of piperazine rings is 1. The molecule has 0 spiro atoms. The van der Waals surface area contributed by atoms with Crippen LogP contribution in [0.15, 0.2) is 12.4 Å². The van der Waals surface area contributed by atoms with Crippen molar-refractivity contribution in [2.24, 2.45) is 0 Å². The van der Waals surface area contributed by atoms with Gasteiger partial charge in [0, 0.05) is 49.9 Å². The van der Waals surface area contributed by atoms with Gasteiger partial charge in [0.05, 0.1) is 18.0 Å². The fourth-order valence-corrected chi connectivity index (χ4v) is 3.52. The Morgan fingerprint density at radius 2 is 1.89 bits per heavy atom. The number of esters is 1. The van der Waals surface area contributed by atoms with Crippen LogP contribution in [-0.2, 0) is 14.9 Å². The summed E-state index contributed by atoms with van der Waals surface area (Å²) in [6.07, 6.45) is 3.11. The van der Waals surface area contributed by atoms with Gasteiger partial charge in [-0.15, -0.1) is 0 Å². The largest absolute Gasteiger partial charge is 0.459 e. The number of carbonyl (C=O) groups excluding carboxylic acids is 2. The van der Waals surface area contributed by atoms with Gasteiger partial charge >= 0.3 is 12.0 Å². The average molecular weight is 375 g/mol. The predicted molar refractivity (Wildman–Crippen MR) is 102 cm³/mol. The first-order valence-electron chi connectivity index (χ1n) is 9.40. The molecule has 2 amide bonds. The summed E-state index contributed by atoms with van der Waals surface area (Å²) in [6.45, 7) is 11.2. The first-order chi connectivity index (χ1) is 12.7. The number of H-pyrrole nitrogens is 1. The lowest BCUT2D eigenvalue weighted by molar-refractivity contribution is -0.140. The fraction of sp³-hybridized carbons (Fsp3) is 0.632. The van der Waals surface area contributed by atoms with E-state index >= 15 is 0 Å². The molecule has 0 unspecified atom stereocenters. The van der Waals surface area contributed by atoms with Crippen LogP contribution < -0.4 is 0 Å². The Bertz CT molecular complexity index is 744. The maximum absolute atomic E-state index is 13.2. The van der Waals surface area contributed by atoms with Crippen LogP contribution in [0.3, 0.4) is 0 Å². The van der Waals surface area contributed by atoms with E-state index in [4.69, 9.17) is 4.74 Å². The standard InChI is InChI=1S/C19H29N5O3/c1-13(2)27-17(25)14-11-24(18(26)23-8-6-22(5)7-9-23)12-19(3,4)15-10-20-21-16(14)15/h10-11,13H,6-9,12H2,1-5H3,(H,20,21). The summed E-state index contributed by atoms with van der Waals surface area (Å²) in [7, 11) is 2.05. The number of nitrogens with zero attached hydrogens (tertiary/aromatic N) is 4. The molecular formula is C19H29N5O3. The van der Waals surface area contributed by atoms with Crippen molar-refractivity contribution in [3.8, 4) is 0 Å². The van der Waals surface area contributed by atoms with E-state index in [1.807, 2.05) is 4.90 Å². The number of aromatic nitrogens is 2. The molecule has 1 N–H and O–H groups in total. The number of aromatic amines is 1. The first-order valence-corrected chi connectivity index (χ1v) is 9.40. The number of fused-ring (bicyclic) bond motifs is 1. The molecular weight excluding hydrogens is 346 g/mol. The number of amides is 2. The van der Waals surface area contributed by atoms with Gasteiger partial charge in [-0.05, 0) is 20.9 Å². The highest BCUT2D eigenvalue weighted by molar-refractivity contribution is 6.16. The van der Waals surface area contributed by atoms with Gasteiger partial charge in [0.1, 0.15) is 5.57 Å². The molecule has 27 heavy (non-hydrogen) atoms. The summed E-state index contributed by atoms with van der Waals surface area (Å²) >= 11 is 0. The highest BCUT2D eigenvalue weighted by atomic mass is 16.5. The number of rotatable bonds is 2. The average Bonchev–Trinajstić information content (AvgIpc) is 3.04. The predicted octanol–water partition coefficient (Wildman–Crippen LogP) is 1.66.